The Hall–Kier alpha value is -2.12. The molecule has 0 bridgehead atoms. The largest absolute Gasteiger partial charge is 0.481 e. The second-order valence-electron chi connectivity index (χ2n) is 19.2. The summed E-state index contributed by atoms with van der Waals surface area (Å²) in [5, 5.41) is 18.2. The number of aliphatic carboxylic acids is 2. The SMILES string of the molecule is CC(C)CCCCCC(CCCCCC(C)C)(CCCC(=O)O)CCCC(=O)O.CC(C)CCCCCOC(=O)CCCCCCCC(=O)OCCCCCC(C)C. The van der Waals surface area contributed by atoms with Crippen molar-refractivity contribution in [2.45, 2.75) is 254 Å². The Balaban J connectivity index is 0. The molecule has 0 aromatic carbocycles. The fraction of sp³-hybridized carbons (Fsp3) is 0.920. The van der Waals surface area contributed by atoms with Gasteiger partial charge in [0.05, 0.1) is 13.2 Å². The van der Waals surface area contributed by atoms with E-state index in [1.165, 1.54) is 77.0 Å². The lowest BCUT2D eigenvalue weighted by Crippen LogP contribution is -2.22. The minimum Gasteiger partial charge on any atom is -0.481 e. The van der Waals surface area contributed by atoms with Gasteiger partial charge in [-0.2, -0.15) is 0 Å². The summed E-state index contributed by atoms with van der Waals surface area (Å²) in [6.45, 7) is 19.1. The highest BCUT2D eigenvalue weighted by Gasteiger charge is 2.29. The molecule has 0 aliphatic carbocycles. The molecule has 0 amide bonds. The molecule has 8 heteroatoms. The quantitative estimate of drug-likeness (QED) is 0.0462. The van der Waals surface area contributed by atoms with Gasteiger partial charge in [-0.25, -0.2) is 0 Å². The van der Waals surface area contributed by atoms with Gasteiger partial charge in [-0.3, -0.25) is 19.2 Å². The zero-order chi connectivity index (χ0) is 43.9. The Labute approximate surface area is 358 Å². The third-order valence-corrected chi connectivity index (χ3v) is 11.3. The number of carbonyl (C=O) groups excluding carboxylic acids is 2. The van der Waals surface area contributed by atoms with Gasteiger partial charge in [-0.1, -0.05) is 165 Å². The normalized spacial score (nSPS) is 11.7. The van der Waals surface area contributed by atoms with Crippen molar-refractivity contribution in [1.29, 1.82) is 0 Å². The van der Waals surface area contributed by atoms with Crippen LogP contribution in [0.5, 0.6) is 0 Å². The molecule has 0 aromatic heterocycles. The highest BCUT2D eigenvalue weighted by molar-refractivity contribution is 5.69. The van der Waals surface area contributed by atoms with Crippen LogP contribution in [0.25, 0.3) is 0 Å². The molecule has 0 rings (SSSR count). The van der Waals surface area contributed by atoms with Crippen LogP contribution in [0, 0.1) is 29.1 Å². The molecule has 0 saturated carbocycles. The van der Waals surface area contributed by atoms with Crippen LogP contribution in [-0.4, -0.2) is 47.3 Å². The first kappa shape index (κ1) is 58.0. The van der Waals surface area contributed by atoms with Crippen LogP contribution in [0.2, 0.25) is 0 Å². The molecule has 344 valence electrons. The summed E-state index contributed by atoms with van der Waals surface area (Å²) in [5.41, 5.74) is 0.126. The van der Waals surface area contributed by atoms with E-state index in [9.17, 15) is 19.2 Å². The third-order valence-electron chi connectivity index (χ3n) is 11.3. The lowest BCUT2D eigenvalue weighted by molar-refractivity contribution is -0.144. The van der Waals surface area contributed by atoms with Crippen LogP contribution >= 0.6 is 0 Å². The minimum atomic E-state index is -0.724. The number of ether oxygens (including phenoxy) is 2. The monoisotopic (exact) mass is 825 g/mol. The average molecular weight is 825 g/mol. The standard InChI is InChI=1S/2C25H48O4/c1-21(2)13-7-5-9-17-25(19-11-15-23(26)27,20-12-16-24(28)29)18-10-6-8-14-22(3)4;1-22(2)16-10-8-14-20-28-24(26)18-12-6-5-7-13-19-25(27)29-21-15-9-11-17-23(3)4/h21-22H,5-20H2,1-4H3,(H,26,27)(H,28,29);22-23H,5-21H2,1-4H3. The Morgan fingerprint density at radius 1 is 0.362 bits per heavy atom. The molecule has 0 fully saturated rings. The maximum atomic E-state index is 11.7. The number of hydrogen-bond acceptors (Lipinski definition) is 6. The summed E-state index contributed by atoms with van der Waals surface area (Å²) in [6, 6.07) is 0. The third kappa shape index (κ3) is 45.0. The van der Waals surface area contributed by atoms with E-state index in [0.717, 1.165) is 107 Å². The number of carboxylic acid groups (broad SMARTS) is 2. The highest BCUT2D eigenvalue weighted by atomic mass is 16.5. The molecule has 0 aromatic rings. The van der Waals surface area contributed by atoms with Gasteiger partial charge in [-0.15, -0.1) is 0 Å². The molecular weight excluding hydrogens is 729 g/mol. The van der Waals surface area contributed by atoms with Crippen molar-refractivity contribution < 1.29 is 38.9 Å². The smallest absolute Gasteiger partial charge is 0.305 e. The molecule has 0 atom stereocenters. The van der Waals surface area contributed by atoms with Gasteiger partial charge in [0.1, 0.15) is 0 Å². The van der Waals surface area contributed by atoms with Gasteiger partial charge in [0.2, 0.25) is 0 Å². The summed E-state index contributed by atoms with van der Waals surface area (Å²) in [7, 11) is 0. The van der Waals surface area contributed by atoms with Gasteiger partial charge < -0.3 is 19.7 Å². The van der Waals surface area contributed by atoms with Crippen molar-refractivity contribution in [2.75, 3.05) is 13.2 Å². The van der Waals surface area contributed by atoms with Crippen LogP contribution < -0.4 is 0 Å². The van der Waals surface area contributed by atoms with Crippen LogP contribution in [-0.2, 0) is 28.7 Å². The van der Waals surface area contributed by atoms with Crippen molar-refractivity contribution in [3.8, 4) is 0 Å². The highest BCUT2D eigenvalue weighted by Crippen LogP contribution is 2.42. The second kappa shape index (κ2) is 40.3. The predicted molar refractivity (Wildman–Crippen MR) is 242 cm³/mol. The van der Waals surface area contributed by atoms with Crippen molar-refractivity contribution in [2.24, 2.45) is 29.1 Å². The fourth-order valence-electron chi connectivity index (χ4n) is 7.69. The van der Waals surface area contributed by atoms with Crippen LogP contribution in [0.1, 0.15) is 254 Å². The Morgan fingerprint density at radius 3 is 0.948 bits per heavy atom. The molecule has 0 unspecified atom stereocenters. The second-order valence-corrected chi connectivity index (χ2v) is 19.2. The zero-order valence-electron chi connectivity index (χ0n) is 39.5. The average Bonchev–Trinajstić information content (AvgIpc) is 3.13. The number of esters is 2. The maximum Gasteiger partial charge on any atom is 0.305 e. The topological polar surface area (TPSA) is 127 Å². The van der Waals surface area contributed by atoms with E-state index in [-0.39, 0.29) is 30.2 Å². The first-order chi connectivity index (χ1) is 27.6. The molecule has 0 spiro atoms. The van der Waals surface area contributed by atoms with E-state index in [1.54, 1.807) is 0 Å². The molecule has 0 aliphatic heterocycles. The predicted octanol–water partition coefficient (Wildman–Crippen LogP) is 14.9. The molecule has 2 N–H and O–H groups in total. The van der Waals surface area contributed by atoms with Crippen molar-refractivity contribution in [1.82, 2.24) is 0 Å². The van der Waals surface area contributed by atoms with E-state index in [1.807, 2.05) is 0 Å². The zero-order valence-corrected chi connectivity index (χ0v) is 39.5. The Bertz CT molecular complexity index is 897. The molecule has 0 heterocycles. The van der Waals surface area contributed by atoms with E-state index in [4.69, 9.17) is 19.7 Å². The summed E-state index contributed by atoms with van der Waals surface area (Å²) in [5.74, 6) is 1.42. The summed E-state index contributed by atoms with van der Waals surface area (Å²) in [6.07, 6.45) is 30.9. The van der Waals surface area contributed by atoms with Crippen molar-refractivity contribution in [3.05, 3.63) is 0 Å². The van der Waals surface area contributed by atoms with E-state index in [2.05, 4.69) is 55.4 Å². The van der Waals surface area contributed by atoms with Gasteiger partial charge in [0.25, 0.3) is 0 Å². The Morgan fingerprint density at radius 2 is 0.638 bits per heavy atom. The molecular formula is C50H96O8. The molecule has 0 saturated heterocycles. The van der Waals surface area contributed by atoms with Crippen LogP contribution in [0.4, 0.5) is 0 Å². The maximum absolute atomic E-state index is 11.7. The molecule has 8 nitrogen and oxygen atoms in total. The van der Waals surface area contributed by atoms with Gasteiger partial charge in [0.15, 0.2) is 0 Å². The van der Waals surface area contributed by atoms with E-state index >= 15 is 0 Å². The first-order valence-electron chi connectivity index (χ1n) is 24.3. The number of carbonyl (C=O) groups is 4. The lowest BCUT2D eigenvalue weighted by atomic mass is 9.70. The lowest BCUT2D eigenvalue weighted by Gasteiger charge is -2.35. The molecule has 0 radical (unpaired) electrons. The fourth-order valence-corrected chi connectivity index (χ4v) is 7.69. The van der Waals surface area contributed by atoms with Crippen LogP contribution in [0.15, 0.2) is 0 Å². The number of hydrogen-bond donors (Lipinski definition) is 2. The van der Waals surface area contributed by atoms with Gasteiger partial charge in [0, 0.05) is 25.7 Å². The Kier molecular flexibility index (Phi) is 40.3. The summed E-state index contributed by atoms with van der Waals surface area (Å²) < 4.78 is 10.6. The number of rotatable bonds is 40. The van der Waals surface area contributed by atoms with Crippen molar-refractivity contribution in [3.63, 3.8) is 0 Å². The van der Waals surface area contributed by atoms with E-state index < -0.39 is 11.9 Å². The number of carboxylic acids is 2. The first-order valence-corrected chi connectivity index (χ1v) is 24.3. The summed E-state index contributed by atoms with van der Waals surface area (Å²) in [4.78, 5) is 45.4. The summed E-state index contributed by atoms with van der Waals surface area (Å²) >= 11 is 0. The minimum absolute atomic E-state index is 0.0640. The van der Waals surface area contributed by atoms with Crippen LogP contribution in [0.3, 0.4) is 0 Å². The van der Waals surface area contributed by atoms with Gasteiger partial charge in [-0.05, 0) is 93.3 Å². The molecule has 0 aliphatic rings. The molecule has 58 heavy (non-hydrogen) atoms. The van der Waals surface area contributed by atoms with E-state index in [0.29, 0.717) is 38.9 Å². The van der Waals surface area contributed by atoms with Gasteiger partial charge >= 0.3 is 23.9 Å². The number of unbranched alkanes of at least 4 members (excludes halogenated alkanes) is 12. The van der Waals surface area contributed by atoms with Crippen molar-refractivity contribution >= 4 is 23.9 Å².